The number of esters is 1. The van der Waals surface area contributed by atoms with Crippen LogP contribution in [0.15, 0.2) is 18.2 Å². The highest BCUT2D eigenvalue weighted by molar-refractivity contribution is 5.90. The molecule has 108 valence electrons. The second kappa shape index (κ2) is 6.80. The number of carbonyl (C=O) groups excluding carboxylic acids is 1. The van der Waals surface area contributed by atoms with Gasteiger partial charge in [-0.1, -0.05) is 6.07 Å². The Labute approximate surface area is 113 Å². The van der Waals surface area contributed by atoms with Crippen molar-refractivity contribution in [3.63, 3.8) is 0 Å². The Hall–Kier alpha value is -2.23. The third-order valence-electron chi connectivity index (χ3n) is 2.31. The summed E-state index contributed by atoms with van der Waals surface area (Å²) >= 11 is 0. The van der Waals surface area contributed by atoms with Gasteiger partial charge in [-0.15, -0.1) is 13.2 Å². The normalized spacial score (nSPS) is 10.8. The van der Waals surface area contributed by atoms with E-state index in [4.69, 9.17) is 10.00 Å². The maximum absolute atomic E-state index is 12.3. The fraction of sp³-hybridized carbons (Fsp3) is 0.385. The van der Waals surface area contributed by atoms with Gasteiger partial charge in [0.05, 0.1) is 18.2 Å². The number of aryl methyl sites for hydroxylation is 1. The van der Waals surface area contributed by atoms with Crippen LogP contribution in [0.2, 0.25) is 0 Å². The summed E-state index contributed by atoms with van der Waals surface area (Å²) in [5.41, 5.74) is 0.170. The topological polar surface area (TPSA) is 59.3 Å². The average Bonchev–Trinajstić information content (AvgIpc) is 2.35. The minimum atomic E-state index is -4.87. The number of nitrogens with zero attached hydrogens (tertiary/aromatic N) is 1. The van der Waals surface area contributed by atoms with Gasteiger partial charge in [0, 0.05) is 6.42 Å². The fourth-order valence-corrected chi connectivity index (χ4v) is 1.51. The van der Waals surface area contributed by atoms with Gasteiger partial charge in [-0.3, -0.25) is 0 Å². The summed E-state index contributed by atoms with van der Waals surface area (Å²) in [5, 5.41) is 8.48. The highest BCUT2D eigenvalue weighted by Crippen LogP contribution is 2.28. The van der Waals surface area contributed by atoms with Crippen molar-refractivity contribution in [3.05, 3.63) is 29.3 Å². The zero-order chi connectivity index (χ0) is 15.2. The minimum Gasteiger partial charge on any atom is -0.462 e. The van der Waals surface area contributed by atoms with E-state index in [1.807, 2.05) is 6.07 Å². The number of hydrogen-bond donors (Lipinski definition) is 0. The maximum Gasteiger partial charge on any atom is 0.573 e. The van der Waals surface area contributed by atoms with Crippen LogP contribution in [0.1, 0.15) is 29.3 Å². The molecule has 1 aromatic carbocycles. The molecule has 1 aromatic rings. The molecule has 0 atom stereocenters. The van der Waals surface area contributed by atoms with Crippen LogP contribution in [0.5, 0.6) is 5.75 Å². The lowest BCUT2D eigenvalue weighted by atomic mass is 10.1. The first kappa shape index (κ1) is 15.8. The molecule has 0 amide bonds. The minimum absolute atomic E-state index is 0.0354. The van der Waals surface area contributed by atoms with Crippen LogP contribution in [0.25, 0.3) is 0 Å². The van der Waals surface area contributed by atoms with Crippen molar-refractivity contribution in [2.24, 2.45) is 0 Å². The molecule has 0 saturated carbocycles. The summed E-state index contributed by atoms with van der Waals surface area (Å²) in [4.78, 5) is 11.5. The highest BCUT2D eigenvalue weighted by Gasteiger charge is 2.32. The smallest absolute Gasteiger partial charge is 0.462 e. The second-order valence-corrected chi connectivity index (χ2v) is 3.75. The summed E-state index contributed by atoms with van der Waals surface area (Å²) in [6, 6.07) is 5.47. The molecule has 0 fully saturated rings. The summed E-state index contributed by atoms with van der Waals surface area (Å²) in [6.07, 6.45) is -4.72. The van der Waals surface area contributed by atoms with E-state index >= 15 is 0 Å². The quantitative estimate of drug-likeness (QED) is 0.780. The summed E-state index contributed by atoms with van der Waals surface area (Å²) in [5.74, 6) is -1.22. The van der Waals surface area contributed by atoms with Crippen molar-refractivity contribution in [3.8, 4) is 11.8 Å². The summed E-state index contributed by atoms with van der Waals surface area (Å²) < 4.78 is 45.6. The predicted octanol–water partition coefficient (Wildman–Crippen LogP) is 3.22. The van der Waals surface area contributed by atoms with E-state index in [-0.39, 0.29) is 30.6 Å². The van der Waals surface area contributed by atoms with Crippen LogP contribution in [0.4, 0.5) is 13.2 Å². The van der Waals surface area contributed by atoms with E-state index in [0.29, 0.717) is 0 Å². The number of hydrogen-bond acceptors (Lipinski definition) is 4. The third kappa shape index (κ3) is 4.80. The van der Waals surface area contributed by atoms with Gasteiger partial charge in [-0.2, -0.15) is 5.26 Å². The van der Waals surface area contributed by atoms with Gasteiger partial charge in [0.25, 0.3) is 0 Å². The van der Waals surface area contributed by atoms with Crippen molar-refractivity contribution < 1.29 is 27.4 Å². The first-order valence-electron chi connectivity index (χ1n) is 5.80. The van der Waals surface area contributed by atoms with E-state index in [2.05, 4.69) is 4.74 Å². The van der Waals surface area contributed by atoms with Gasteiger partial charge in [0.1, 0.15) is 5.75 Å². The Morgan fingerprint density at radius 1 is 1.40 bits per heavy atom. The van der Waals surface area contributed by atoms with Gasteiger partial charge in [-0.25, -0.2) is 4.79 Å². The number of halogens is 3. The van der Waals surface area contributed by atoms with Crippen molar-refractivity contribution >= 4 is 5.97 Å². The number of ether oxygens (including phenoxy) is 2. The van der Waals surface area contributed by atoms with Crippen LogP contribution in [-0.2, 0) is 11.2 Å². The SMILES string of the molecule is CCOC(=O)c1ccc(CCC#N)c(OC(F)(F)F)c1. The van der Waals surface area contributed by atoms with Crippen molar-refractivity contribution in [1.82, 2.24) is 0 Å². The van der Waals surface area contributed by atoms with Crippen LogP contribution in [0, 0.1) is 11.3 Å². The number of benzene rings is 1. The lowest BCUT2D eigenvalue weighted by Gasteiger charge is -2.13. The standard InChI is InChI=1S/C13H12F3NO3/c1-2-19-12(18)10-6-5-9(4-3-7-17)11(8-10)20-13(14,15)16/h5-6,8H,2-4H2,1H3. The Bertz CT molecular complexity index is 521. The van der Waals surface area contributed by atoms with E-state index in [1.165, 1.54) is 12.1 Å². The molecule has 20 heavy (non-hydrogen) atoms. The monoisotopic (exact) mass is 287 g/mol. The molecule has 0 bridgehead atoms. The van der Waals surface area contributed by atoms with E-state index in [1.54, 1.807) is 6.92 Å². The molecule has 1 rings (SSSR count). The van der Waals surface area contributed by atoms with Crippen molar-refractivity contribution in [2.45, 2.75) is 26.1 Å². The summed E-state index contributed by atoms with van der Waals surface area (Å²) in [7, 11) is 0. The molecule has 7 heteroatoms. The zero-order valence-electron chi connectivity index (χ0n) is 10.7. The van der Waals surface area contributed by atoms with Gasteiger partial charge < -0.3 is 9.47 Å². The number of rotatable bonds is 5. The molecule has 0 heterocycles. The molecular weight excluding hydrogens is 275 g/mol. The zero-order valence-corrected chi connectivity index (χ0v) is 10.7. The largest absolute Gasteiger partial charge is 0.573 e. The summed E-state index contributed by atoms with van der Waals surface area (Å²) in [6.45, 7) is 1.71. The average molecular weight is 287 g/mol. The lowest BCUT2D eigenvalue weighted by molar-refractivity contribution is -0.274. The van der Waals surface area contributed by atoms with Crippen LogP contribution < -0.4 is 4.74 Å². The van der Waals surface area contributed by atoms with Crippen LogP contribution >= 0.6 is 0 Å². The Balaban J connectivity index is 3.08. The number of nitriles is 1. The Kier molecular flexibility index (Phi) is 5.38. The molecule has 0 unspecified atom stereocenters. The Morgan fingerprint density at radius 2 is 2.10 bits per heavy atom. The molecular formula is C13H12F3NO3. The molecule has 4 nitrogen and oxygen atoms in total. The van der Waals surface area contributed by atoms with E-state index < -0.39 is 18.1 Å². The number of carbonyl (C=O) groups is 1. The van der Waals surface area contributed by atoms with Crippen LogP contribution in [0.3, 0.4) is 0 Å². The first-order valence-corrected chi connectivity index (χ1v) is 5.80. The second-order valence-electron chi connectivity index (χ2n) is 3.75. The Morgan fingerprint density at radius 3 is 2.65 bits per heavy atom. The van der Waals surface area contributed by atoms with E-state index in [9.17, 15) is 18.0 Å². The number of alkyl halides is 3. The molecule has 0 radical (unpaired) electrons. The van der Waals surface area contributed by atoms with Crippen molar-refractivity contribution in [1.29, 1.82) is 5.26 Å². The van der Waals surface area contributed by atoms with Crippen molar-refractivity contribution in [2.75, 3.05) is 6.61 Å². The fourth-order valence-electron chi connectivity index (χ4n) is 1.51. The molecule has 0 spiro atoms. The molecule has 0 N–H and O–H groups in total. The lowest BCUT2D eigenvalue weighted by Crippen LogP contribution is -2.18. The van der Waals surface area contributed by atoms with E-state index in [0.717, 1.165) is 6.07 Å². The third-order valence-corrected chi connectivity index (χ3v) is 2.31. The van der Waals surface area contributed by atoms with Gasteiger partial charge in [-0.05, 0) is 31.0 Å². The molecule has 0 aliphatic rings. The molecule has 0 saturated heterocycles. The van der Waals surface area contributed by atoms with Gasteiger partial charge in [0.15, 0.2) is 0 Å². The van der Waals surface area contributed by atoms with Gasteiger partial charge in [0.2, 0.25) is 0 Å². The van der Waals surface area contributed by atoms with Crippen LogP contribution in [-0.4, -0.2) is 18.9 Å². The predicted molar refractivity (Wildman–Crippen MR) is 63.0 cm³/mol. The van der Waals surface area contributed by atoms with Gasteiger partial charge >= 0.3 is 12.3 Å². The maximum atomic E-state index is 12.3. The molecule has 0 aromatic heterocycles. The molecule has 0 aliphatic carbocycles. The highest BCUT2D eigenvalue weighted by atomic mass is 19.4. The molecule has 0 aliphatic heterocycles. The first-order chi connectivity index (χ1) is 9.37.